The zero-order chi connectivity index (χ0) is 24.2. The maximum Gasteiger partial charge on any atom is 0.343 e. The maximum absolute atomic E-state index is 11.2. The third-order valence-corrected chi connectivity index (χ3v) is 3.23. The lowest BCUT2D eigenvalue weighted by atomic mass is 10.2. The topological polar surface area (TPSA) is 136 Å². The molecule has 0 fully saturated rings. The molecule has 0 saturated heterocycles. The second-order valence-corrected chi connectivity index (χ2v) is 12.4. The number of carbonyl (C=O) groups excluding carboxylic acids is 2. The Kier molecular flexibility index (Phi) is 13.9. The second-order valence-electron chi connectivity index (χ2n) is 4.92. The van der Waals surface area contributed by atoms with Crippen molar-refractivity contribution in [3.8, 4) is 5.75 Å². The molecule has 0 aromatic carbocycles. The van der Waals surface area contributed by atoms with Crippen molar-refractivity contribution in [1.82, 2.24) is 9.97 Å². The Hall–Kier alpha value is -1.48. The van der Waals surface area contributed by atoms with E-state index in [1.54, 1.807) is 13.8 Å². The molecular weight excluding hydrogens is 540 g/mol. The van der Waals surface area contributed by atoms with Crippen molar-refractivity contribution in [2.75, 3.05) is 13.2 Å². The fourth-order valence-corrected chi connectivity index (χ4v) is 2.04. The molecule has 0 radical (unpaired) electrons. The molecule has 2 aromatic rings. The summed E-state index contributed by atoms with van der Waals surface area (Å²) in [5, 5.41) is 6.44. The summed E-state index contributed by atoms with van der Waals surface area (Å²) in [4.78, 5) is 38.9. The van der Waals surface area contributed by atoms with Crippen LogP contribution in [0, 0.1) is 0 Å². The van der Waals surface area contributed by atoms with Gasteiger partial charge in [0.1, 0.15) is 16.5 Å². The second kappa shape index (κ2) is 14.6. The fraction of sp³-hybridized carbons (Fsp3) is 0.250. The lowest BCUT2D eigenvalue weighted by Gasteiger charge is -2.02. The minimum absolute atomic E-state index is 0.0403. The fourth-order valence-electron chi connectivity index (χ4n) is 1.60. The van der Waals surface area contributed by atoms with Crippen molar-refractivity contribution >= 4 is 74.1 Å². The smallest absolute Gasteiger partial charge is 0.343 e. The Morgan fingerprint density at radius 3 is 1.97 bits per heavy atom. The van der Waals surface area contributed by atoms with Gasteiger partial charge in [-0.1, -0.05) is 23.2 Å². The van der Waals surface area contributed by atoms with Gasteiger partial charge >= 0.3 is 17.1 Å². The third kappa shape index (κ3) is 13.5. The summed E-state index contributed by atoms with van der Waals surface area (Å²) in [5.74, 6) is -1.52. The van der Waals surface area contributed by atoms with E-state index in [0.717, 1.165) is 12.3 Å². The molecule has 0 bridgehead atoms. The Bertz CT molecular complexity index is 988. The molecule has 0 unspecified atom stereocenters. The van der Waals surface area contributed by atoms with Crippen LogP contribution in [0.4, 0.5) is 0 Å². The minimum atomic E-state index is -3.22. The van der Waals surface area contributed by atoms with Gasteiger partial charge in [0, 0.05) is 18.5 Å². The number of hydrogen-bond donors (Lipinski definition) is 2. The molecule has 172 valence electrons. The molecule has 0 amide bonds. The number of H-pyrrole nitrogens is 1. The molecule has 9 nitrogen and oxygen atoms in total. The highest BCUT2D eigenvalue weighted by molar-refractivity contribution is 8.24. The molecule has 0 spiro atoms. The number of aromatic nitrogens is 2. The Labute approximate surface area is 201 Å². The monoisotopic (exact) mass is 554 g/mol. The average Bonchev–Trinajstić information content (AvgIpc) is 2.61. The van der Waals surface area contributed by atoms with Gasteiger partial charge in [0.05, 0.1) is 23.8 Å². The number of aromatic hydroxyl groups is 1. The van der Waals surface area contributed by atoms with Gasteiger partial charge in [0.25, 0.3) is 5.56 Å². The molecule has 0 atom stereocenters. The Morgan fingerprint density at radius 2 is 1.55 bits per heavy atom. The van der Waals surface area contributed by atoms with E-state index < -0.39 is 22.7 Å². The molecule has 0 saturated carbocycles. The zero-order valence-corrected chi connectivity index (χ0v) is 20.6. The molecule has 0 aliphatic rings. The predicted molar refractivity (Wildman–Crippen MR) is 120 cm³/mol. The molecule has 31 heavy (non-hydrogen) atoms. The zero-order valence-electron chi connectivity index (χ0n) is 15.9. The predicted octanol–water partition coefficient (Wildman–Crippen LogP) is 5.63. The summed E-state index contributed by atoms with van der Waals surface area (Å²) in [6, 6.07) is 2.32. The van der Waals surface area contributed by atoms with Crippen LogP contribution in [0.3, 0.4) is 0 Å². The Balaban J connectivity index is 0.000000479. The van der Waals surface area contributed by atoms with Crippen molar-refractivity contribution in [2.24, 2.45) is 0 Å². The van der Waals surface area contributed by atoms with E-state index in [-0.39, 0.29) is 33.7 Å². The lowest BCUT2D eigenvalue weighted by molar-refractivity contribution is 0.0514. The highest BCUT2D eigenvalue weighted by Crippen LogP contribution is 2.61. The highest BCUT2D eigenvalue weighted by Gasteiger charge is 2.12. The molecule has 0 aliphatic heterocycles. The van der Waals surface area contributed by atoms with E-state index in [4.69, 9.17) is 33.0 Å². The van der Waals surface area contributed by atoms with Crippen molar-refractivity contribution < 1.29 is 28.7 Å². The van der Waals surface area contributed by atoms with Gasteiger partial charge in [-0.25, -0.2) is 14.6 Å². The largest absolute Gasteiger partial charge is 0.507 e. The van der Waals surface area contributed by atoms with E-state index in [9.17, 15) is 18.9 Å². The van der Waals surface area contributed by atoms with Gasteiger partial charge < -0.3 is 19.6 Å². The van der Waals surface area contributed by atoms with Gasteiger partial charge in [-0.15, -0.1) is 0 Å². The van der Waals surface area contributed by atoms with E-state index in [1.165, 1.54) is 12.3 Å². The number of halogens is 5. The van der Waals surface area contributed by atoms with Crippen molar-refractivity contribution in [3.05, 3.63) is 56.2 Å². The normalized spacial score (nSPS) is 10.0. The molecule has 15 heteroatoms. The number of nitrogens with zero attached hydrogens (tertiary/aromatic N) is 1. The standard InChI is InChI=1S/C8H7Cl2NO2.C8H9NO4.Cl3OP/c1-2-13-8(12)5-4-11-7(10)3-6(5)9;1-2-13-8(12)5-4-9-7(11)3-6(5)10;1-5(2,3)4/h3-4H,2H2,1H3;3-4H,2H2,1H3,(H2,9,10,11);. The van der Waals surface area contributed by atoms with Crippen molar-refractivity contribution in [2.45, 2.75) is 13.8 Å². The van der Waals surface area contributed by atoms with Crippen molar-refractivity contribution in [3.63, 3.8) is 0 Å². The van der Waals surface area contributed by atoms with E-state index in [2.05, 4.69) is 48.4 Å². The number of esters is 2. The molecule has 0 aliphatic carbocycles. The van der Waals surface area contributed by atoms with Gasteiger partial charge in [-0.05, 0) is 53.6 Å². The van der Waals surface area contributed by atoms with Gasteiger partial charge in [-0.3, -0.25) is 9.36 Å². The van der Waals surface area contributed by atoms with Crippen LogP contribution in [0.1, 0.15) is 34.6 Å². The SMILES string of the molecule is CCOC(=O)c1c[nH]c(=O)cc1O.CCOC(=O)c1cnc(Cl)cc1Cl.O=P(Cl)(Cl)Cl. The van der Waals surface area contributed by atoms with E-state index in [0.29, 0.717) is 6.61 Å². The first-order valence-corrected chi connectivity index (χ1v) is 13.2. The van der Waals surface area contributed by atoms with E-state index in [1.807, 2.05) is 0 Å². The summed E-state index contributed by atoms with van der Waals surface area (Å²) in [5.41, 5.74) is -0.278. The summed E-state index contributed by atoms with van der Waals surface area (Å²) >= 11 is 25.1. The lowest BCUT2D eigenvalue weighted by Crippen LogP contribution is -2.10. The number of carbonyl (C=O) groups is 2. The molecule has 2 N–H and O–H groups in total. The number of aromatic amines is 1. The van der Waals surface area contributed by atoms with Gasteiger partial charge in [0.15, 0.2) is 0 Å². The number of hydrogen-bond acceptors (Lipinski definition) is 8. The van der Waals surface area contributed by atoms with Crippen LogP contribution >= 0.6 is 62.1 Å². The summed E-state index contributed by atoms with van der Waals surface area (Å²) in [7, 11) is 0. The summed E-state index contributed by atoms with van der Waals surface area (Å²) in [6.45, 7) is 3.89. The molecule has 2 aromatic heterocycles. The van der Waals surface area contributed by atoms with Crippen LogP contribution in [0.5, 0.6) is 5.75 Å². The van der Waals surface area contributed by atoms with Crippen LogP contribution < -0.4 is 5.56 Å². The van der Waals surface area contributed by atoms with Crippen LogP contribution in [-0.2, 0) is 14.0 Å². The van der Waals surface area contributed by atoms with E-state index >= 15 is 0 Å². The maximum atomic E-state index is 11.2. The number of ether oxygens (including phenoxy) is 2. The molecular formula is C16H16Cl5N2O7P. The quantitative estimate of drug-likeness (QED) is 0.281. The first-order valence-electron chi connectivity index (χ1n) is 8.06. The van der Waals surface area contributed by atoms with Crippen LogP contribution in [0.15, 0.2) is 29.3 Å². The number of nitrogens with one attached hydrogen (secondary N) is 1. The van der Waals surface area contributed by atoms with Gasteiger partial charge in [-0.2, -0.15) is 0 Å². The first-order chi connectivity index (χ1) is 14.3. The highest BCUT2D eigenvalue weighted by atomic mass is 36.0. The minimum Gasteiger partial charge on any atom is -0.507 e. The van der Waals surface area contributed by atoms with Crippen molar-refractivity contribution in [1.29, 1.82) is 0 Å². The first kappa shape index (κ1) is 29.5. The summed E-state index contributed by atoms with van der Waals surface area (Å²) in [6.07, 6.45) is 2.42. The van der Waals surface area contributed by atoms with Crippen LogP contribution in [0.2, 0.25) is 10.2 Å². The number of pyridine rings is 2. The summed E-state index contributed by atoms with van der Waals surface area (Å²) < 4.78 is 18.9. The average molecular weight is 557 g/mol. The van der Waals surface area contributed by atoms with Crippen LogP contribution in [-0.4, -0.2) is 40.2 Å². The molecule has 2 heterocycles. The van der Waals surface area contributed by atoms with Crippen LogP contribution in [0.25, 0.3) is 0 Å². The number of rotatable bonds is 4. The van der Waals surface area contributed by atoms with Gasteiger partial charge in [0.2, 0.25) is 0 Å². The Morgan fingerprint density at radius 1 is 1.06 bits per heavy atom. The third-order valence-electron chi connectivity index (χ3n) is 2.71. The molecule has 2 rings (SSSR count).